The van der Waals surface area contributed by atoms with Gasteiger partial charge in [-0.25, -0.2) is 0 Å². The Morgan fingerprint density at radius 2 is 1.61 bits per heavy atom. The third-order valence-electron chi connectivity index (χ3n) is 4.39. The quantitative estimate of drug-likeness (QED) is 0.454. The summed E-state index contributed by atoms with van der Waals surface area (Å²) in [6, 6.07) is 22.2. The highest BCUT2D eigenvalue weighted by Gasteiger charge is 2.08. The molecule has 0 aromatic heterocycles. The first-order valence-corrected chi connectivity index (χ1v) is 10.3. The number of fused-ring (bicyclic) bond motifs is 1. The first-order valence-electron chi connectivity index (χ1n) is 9.31. The van der Waals surface area contributed by atoms with Gasteiger partial charge in [0.25, 0.3) is 0 Å². The first kappa shape index (κ1) is 20.0. The summed E-state index contributed by atoms with van der Waals surface area (Å²) in [6.07, 6.45) is 0.262. The van der Waals surface area contributed by atoms with E-state index in [4.69, 9.17) is 0 Å². The summed E-state index contributed by atoms with van der Waals surface area (Å²) in [7, 11) is 0. The predicted octanol–water partition coefficient (Wildman–Crippen LogP) is 3.72. The minimum atomic E-state index is -0.171. The van der Waals surface area contributed by atoms with Gasteiger partial charge in [0, 0.05) is 17.2 Å². The van der Waals surface area contributed by atoms with E-state index in [9.17, 15) is 9.59 Å². The van der Waals surface area contributed by atoms with Crippen molar-refractivity contribution in [2.45, 2.75) is 18.2 Å². The number of nitrogens with one attached hydrogen (secondary N) is 2. The minimum Gasteiger partial charge on any atom is -0.354 e. The average Bonchev–Trinajstić information content (AvgIpc) is 2.71. The molecule has 0 atom stereocenters. The number of rotatable bonds is 8. The molecule has 0 heterocycles. The van der Waals surface area contributed by atoms with E-state index < -0.39 is 0 Å². The summed E-state index contributed by atoms with van der Waals surface area (Å²) in [5.41, 5.74) is 2.20. The number of benzene rings is 3. The van der Waals surface area contributed by atoms with Crippen molar-refractivity contribution in [1.29, 1.82) is 0 Å². The summed E-state index contributed by atoms with van der Waals surface area (Å²) >= 11 is 1.70. The van der Waals surface area contributed by atoms with E-state index in [1.165, 1.54) is 10.5 Å². The van der Waals surface area contributed by atoms with Crippen LogP contribution in [0, 0.1) is 6.92 Å². The second-order valence-electron chi connectivity index (χ2n) is 6.60. The lowest BCUT2D eigenvalue weighted by Gasteiger charge is -2.09. The molecule has 0 fully saturated rings. The van der Waals surface area contributed by atoms with Gasteiger partial charge < -0.3 is 10.6 Å². The van der Waals surface area contributed by atoms with Gasteiger partial charge in [-0.05, 0) is 35.4 Å². The molecule has 4 nitrogen and oxygen atoms in total. The van der Waals surface area contributed by atoms with Crippen molar-refractivity contribution < 1.29 is 9.59 Å². The zero-order chi connectivity index (χ0) is 19.8. The van der Waals surface area contributed by atoms with Gasteiger partial charge in [0.2, 0.25) is 11.8 Å². The van der Waals surface area contributed by atoms with Crippen LogP contribution in [0.25, 0.3) is 10.8 Å². The lowest BCUT2D eigenvalue weighted by molar-refractivity contribution is -0.125. The summed E-state index contributed by atoms with van der Waals surface area (Å²) in [5.74, 6) is 0.468. The van der Waals surface area contributed by atoms with Crippen LogP contribution in [0.15, 0.2) is 71.6 Å². The molecular formula is C23H24N2O2S. The maximum absolute atomic E-state index is 12.2. The van der Waals surface area contributed by atoms with Gasteiger partial charge in [-0.2, -0.15) is 0 Å². The molecule has 0 saturated carbocycles. The molecule has 28 heavy (non-hydrogen) atoms. The Labute approximate surface area is 169 Å². The average molecular weight is 393 g/mol. The molecule has 0 aliphatic heterocycles. The summed E-state index contributed by atoms with van der Waals surface area (Å²) in [6.45, 7) is 2.62. The molecule has 0 radical (unpaired) electrons. The Balaban J connectivity index is 1.38. The molecule has 144 valence electrons. The highest BCUT2D eigenvalue weighted by molar-refractivity contribution is 7.99. The fourth-order valence-electron chi connectivity index (χ4n) is 2.92. The maximum atomic E-state index is 12.2. The fourth-order valence-corrected chi connectivity index (χ4v) is 3.69. The van der Waals surface area contributed by atoms with E-state index >= 15 is 0 Å². The second-order valence-corrected chi connectivity index (χ2v) is 7.77. The highest BCUT2D eigenvalue weighted by Crippen LogP contribution is 2.19. The Kier molecular flexibility index (Phi) is 7.09. The smallest absolute Gasteiger partial charge is 0.239 e. The number of carbonyl (C=O) groups excluding carboxylic acids is 2. The molecule has 5 heteroatoms. The Morgan fingerprint density at radius 3 is 2.43 bits per heavy atom. The van der Waals surface area contributed by atoms with Crippen LogP contribution in [0.4, 0.5) is 0 Å². The molecular weight excluding hydrogens is 368 g/mol. The van der Waals surface area contributed by atoms with Crippen molar-refractivity contribution in [2.24, 2.45) is 0 Å². The largest absolute Gasteiger partial charge is 0.354 e. The number of thioether (sulfide) groups is 1. The normalized spacial score (nSPS) is 10.6. The van der Waals surface area contributed by atoms with Crippen molar-refractivity contribution in [2.75, 3.05) is 18.8 Å². The maximum Gasteiger partial charge on any atom is 0.239 e. The van der Waals surface area contributed by atoms with Crippen molar-refractivity contribution in [3.63, 3.8) is 0 Å². The molecule has 3 aromatic carbocycles. The summed E-state index contributed by atoms with van der Waals surface area (Å²) in [5, 5.41) is 7.72. The van der Waals surface area contributed by atoms with E-state index in [1.807, 2.05) is 42.5 Å². The molecule has 0 spiro atoms. The van der Waals surface area contributed by atoms with Crippen LogP contribution in [-0.4, -0.2) is 30.7 Å². The molecule has 0 saturated heterocycles. The van der Waals surface area contributed by atoms with E-state index in [2.05, 4.69) is 41.8 Å². The third-order valence-corrected chi connectivity index (χ3v) is 5.40. The molecule has 0 bridgehead atoms. The minimum absolute atomic E-state index is 0.00119. The molecule has 0 unspecified atom stereocenters. The topological polar surface area (TPSA) is 58.2 Å². The zero-order valence-corrected chi connectivity index (χ0v) is 16.7. The summed E-state index contributed by atoms with van der Waals surface area (Å²) in [4.78, 5) is 25.3. The number of aryl methyl sites for hydroxylation is 1. The molecule has 3 aromatic rings. The van der Waals surface area contributed by atoms with Crippen molar-refractivity contribution in [3.8, 4) is 0 Å². The second kappa shape index (κ2) is 9.95. The molecule has 2 N–H and O–H groups in total. The monoisotopic (exact) mass is 392 g/mol. The number of amides is 2. The van der Waals surface area contributed by atoms with Crippen molar-refractivity contribution in [3.05, 3.63) is 77.9 Å². The van der Waals surface area contributed by atoms with Gasteiger partial charge in [-0.15, -0.1) is 11.8 Å². The van der Waals surface area contributed by atoms with E-state index in [0.717, 1.165) is 22.1 Å². The molecule has 3 rings (SSSR count). The van der Waals surface area contributed by atoms with Crippen LogP contribution in [0.1, 0.15) is 11.1 Å². The Bertz CT molecular complexity index is 949. The van der Waals surface area contributed by atoms with Gasteiger partial charge in [-0.3, -0.25) is 9.59 Å². The number of hydrogen-bond acceptors (Lipinski definition) is 3. The van der Waals surface area contributed by atoms with Crippen LogP contribution in [0.2, 0.25) is 0 Å². The van der Waals surface area contributed by atoms with Gasteiger partial charge in [0.1, 0.15) is 0 Å². The van der Waals surface area contributed by atoms with E-state index in [-0.39, 0.29) is 24.8 Å². The van der Waals surface area contributed by atoms with Crippen LogP contribution < -0.4 is 10.6 Å². The number of hydrogen-bond donors (Lipinski definition) is 2. The van der Waals surface area contributed by atoms with Crippen LogP contribution in [0.5, 0.6) is 0 Å². The molecule has 0 aliphatic rings. The SMILES string of the molecule is Cc1ccc(SCCNC(=O)CNC(=O)Cc2cccc3ccccc23)cc1. The van der Waals surface area contributed by atoms with Crippen LogP contribution >= 0.6 is 11.8 Å². The fraction of sp³-hybridized carbons (Fsp3) is 0.217. The number of carbonyl (C=O) groups is 2. The van der Waals surface area contributed by atoms with Crippen molar-refractivity contribution in [1.82, 2.24) is 10.6 Å². The van der Waals surface area contributed by atoms with Crippen LogP contribution in [0.3, 0.4) is 0 Å². The molecule has 2 amide bonds. The Morgan fingerprint density at radius 1 is 0.857 bits per heavy atom. The summed E-state index contributed by atoms with van der Waals surface area (Å²) < 4.78 is 0. The Hall–Kier alpha value is -2.79. The highest BCUT2D eigenvalue weighted by atomic mass is 32.2. The van der Waals surface area contributed by atoms with E-state index in [1.54, 1.807) is 11.8 Å². The van der Waals surface area contributed by atoms with Crippen LogP contribution in [-0.2, 0) is 16.0 Å². The van der Waals surface area contributed by atoms with Crippen molar-refractivity contribution >= 4 is 34.3 Å². The zero-order valence-electron chi connectivity index (χ0n) is 15.9. The van der Waals surface area contributed by atoms with Gasteiger partial charge in [0.15, 0.2) is 0 Å². The van der Waals surface area contributed by atoms with Gasteiger partial charge >= 0.3 is 0 Å². The standard InChI is InChI=1S/C23H24N2O2S/c1-17-9-11-20(12-10-17)28-14-13-24-23(27)16-25-22(26)15-19-7-4-6-18-5-2-3-8-21(18)19/h2-12H,13-16H2,1H3,(H,24,27)(H,25,26). The van der Waals surface area contributed by atoms with Gasteiger partial charge in [-0.1, -0.05) is 60.2 Å². The molecule has 0 aliphatic carbocycles. The third kappa shape index (κ3) is 5.86. The van der Waals surface area contributed by atoms with Gasteiger partial charge in [0.05, 0.1) is 13.0 Å². The lowest BCUT2D eigenvalue weighted by atomic mass is 10.0. The first-order chi connectivity index (χ1) is 13.6. The predicted molar refractivity (Wildman–Crippen MR) is 116 cm³/mol. The lowest BCUT2D eigenvalue weighted by Crippen LogP contribution is -2.38. The van der Waals surface area contributed by atoms with E-state index in [0.29, 0.717) is 6.54 Å².